The maximum atomic E-state index is 11.5. The van der Waals surface area contributed by atoms with Crippen LogP contribution in [-0.2, 0) is 16.4 Å². The molecule has 0 amide bonds. The Morgan fingerprint density at radius 3 is 2.83 bits per heavy atom. The van der Waals surface area contributed by atoms with Gasteiger partial charge in [-0.2, -0.15) is 5.10 Å². The second-order valence-electron chi connectivity index (χ2n) is 6.88. The first-order valence-electron chi connectivity index (χ1n) is 8.41. The SMILES string of the molecule is Cc1ccccc1-n1cc(CN(C)CCC2CCS(=O)(=O)C2)cn1. The zero-order valence-corrected chi connectivity index (χ0v) is 15.2. The van der Waals surface area contributed by atoms with Crippen LogP contribution >= 0.6 is 0 Å². The Balaban J connectivity index is 1.54. The summed E-state index contributed by atoms with van der Waals surface area (Å²) in [6.07, 6.45) is 5.74. The quantitative estimate of drug-likeness (QED) is 0.805. The van der Waals surface area contributed by atoms with Crippen LogP contribution in [0.4, 0.5) is 0 Å². The Bertz CT molecular complexity index is 798. The van der Waals surface area contributed by atoms with Crippen molar-refractivity contribution in [2.75, 3.05) is 25.1 Å². The van der Waals surface area contributed by atoms with E-state index < -0.39 is 9.84 Å². The van der Waals surface area contributed by atoms with Crippen LogP contribution in [0.25, 0.3) is 5.69 Å². The minimum atomic E-state index is -2.77. The van der Waals surface area contributed by atoms with E-state index in [-0.39, 0.29) is 0 Å². The third-order valence-corrected chi connectivity index (χ3v) is 6.53. The molecule has 1 saturated heterocycles. The van der Waals surface area contributed by atoms with E-state index in [0.717, 1.165) is 31.6 Å². The number of rotatable bonds is 6. The van der Waals surface area contributed by atoms with Gasteiger partial charge in [0, 0.05) is 18.3 Å². The standard InChI is InChI=1S/C18H25N3O2S/c1-15-5-3-4-6-18(15)21-13-17(11-19-21)12-20(2)9-7-16-8-10-24(22,23)14-16/h3-6,11,13,16H,7-10,12,14H2,1-2H3. The van der Waals surface area contributed by atoms with Crippen molar-refractivity contribution in [3.8, 4) is 5.69 Å². The molecule has 130 valence electrons. The minimum absolute atomic E-state index is 0.326. The van der Waals surface area contributed by atoms with Gasteiger partial charge in [-0.15, -0.1) is 0 Å². The lowest BCUT2D eigenvalue weighted by atomic mass is 10.1. The molecule has 0 saturated carbocycles. The number of nitrogens with zero attached hydrogens (tertiary/aromatic N) is 3. The molecule has 0 spiro atoms. The molecular formula is C18H25N3O2S. The van der Waals surface area contributed by atoms with Crippen LogP contribution < -0.4 is 0 Å². The highest BCUT2D eigenvalue weighted by molar-refractivity contribution is 7.91. The summed E-state index contributed by atoms with van der Waals surface area (Å²) in [5.74, 6) is 1.06. The molecule has 2 aromatic rings. The molecule has 1 fully saturated rings. The first kappa shape index (κ1) is 17.2. The summed E-state index contributed by atoms with van der Waals surface area (Å²) < 4.78 is 25.0. The van der Waals surface area contributed by atoms with Crippen LogP contribution in [-0.4, -0.2) is 48.2 Å². The lowest BCUT2D eigenvalue weighted by molar-refractivity contribution is 0.300. The van der Waals surface area contributed by atoms with Crippen LogP contribution in [0.15, 0.2) is 36.7 Å². The Morgan fingerprint density at radius 1 is 1.33 bits per heavy atom. The number of hydrogen-bond acceptors (Lipinski definition) is 4. The van der Waals surface area contributed by atoms with Crippen molar-refractivity contribution in [3.05, 3.63) is 47.8 Å². The third-order valence-electron chi connectivity index (χ3n) is 4.70. The lowest BCUT2D eigenvalue weighted by Crippen LogP contribution is -2.21. The van der Waals surface area contributed by atoms with Gasteiger partial charge in [-0.25, -0.2) is 13.1 Å². The van der Waals surface area contributed by atoms with E-state index in [0.29, 0.717) is 17.4 Å². The molecule has 24 heavy (non-hydrogen) atoms. The van der Waals surface area contributed by atoms with Gasteiger partial charge in [-0.05, 0) is 50.9 Å². The van der Waals surface area contributed by atoms with Gasteiger partial charge in [0.1, 0.15) is 0 Å². The van der Waals surface area contributed by atoms with Crippen molar-refractivity contribution in [1.82, 2.24) is 14.7 Å². The van der Waals surface area contributed by atoms with E-state index in [1.807, 2.05) is 23.0 Å². The lowest BCUT2D eigenvalue weighted by Gasteiger charge is -2.17. The van der Waals surface area contributed by atoms with Crippen LogP contribution in [0.5, 0.6) is 0 Å². The molecule has 6 heteroatoms. The molecule has 2 heterocycles. The number of aryl methyl sites for hydroxylation is 1. The van der Waals surface area contributed by atoms with Gasteiger partial charge in [0.15, 0.2) is 9.84 Å². The van der Waals surface area contributed by atoms with Crippen molar-refractivity contribution in [3.63, 3.8) is 0 Å². The van der Waals surface area contributed by atoms with Gasteiger partial charge in [0.05, 0.1) is 23.4 Å². The van der Waals surface area contributed by atoms with Gasteiger partial charge in [0.25, 0.3) is 0 Å². The molecule has 1 aromatic heterocycles. The molecule has 5 nitrogen and oxygen atoms in total. The smallest absolute Gasteiger partial charge is 0.150 e. The van der Waals surface area contributed by atoms with Crippen LogP contribution in [0.2, 0.25) is 0 Å². The summed E-state index contributed by atoms with van der Waals surface area (Å²) >= 11 is 0. The van der Waals surface area contributed by atoms with Crippen molar-refractivity contribution in [2.45, 2.75) is 26.3 Å². The molecule has 1 unspecified atom stereocenters. The molecule has 0 radical (unpaired) electrons. The Labute approximate surface area is 144 Å². The van der Waals surface area contributed by atoms with E-state index in [4.69, 9.17) is 0 Å². The fourth-order valence-electron chi connectivity index (χ4n) is 3.29. The first-order chi connectivity index (χ1) is 11.4. The number of aromatic nitrogens is 2. The summed E-state index contributed by atoms with van der Waals surface area (Å²) in [6, 6.07) is 8.19. The van der Waals surface area contributed by atoms with Gasteiger partial charge in [-0.3, -0.25) is 0 Å². The fourth-order valence-corrected chi connectivity index (χ4v) is 5.20. The highest BCUT2D eigenvalue weighted by atomic mass is 32.2. The largest absolute Gasteiger partial charge is 0.302 e. The van der Waals surface area contributed by atoms with Crippen molar-refractivity contribution >= 4 is 9.84 Å². The molecule has 3 rings (SSSR count). The number of benzene rings is 1. The minimum Gasteiger partial charge on any atom is -0.302 e. The van der Waals surface area contributed by atoms with E-state index in [1.54, 1.807) is 0 Å². The maximum absolute atomic E-state index is 11.5. The number of sulfone groups is 1. The fraction of sp³-hybridized carbons (Fsp3) is 0.500. The molecular weight excluding hydrogens is 322 g/mol. The maximum Gasteiger partial charge on any atom is 0.150 e. The molecule has 0 N–H and O–H groups in total. The zero-order chi connectivity index (χ0) is 17.2. The predicted octanol–water partition coefficient (Wildman–Crippen LogP) is 2.44. The van der Waals surface area contributed by atoms with E-state index in [2.05, 4.69) is 42.3 Å². The summed E-state index contributed by atoms with van der Waals surface area (Å²) in [4.78, 5) is 2.24. The summed E-state index contributed by atoms with van der Waals surface area (Å²) in [5.41, 5.74) is 3.46. The van der Waals surface area contributed by atoms with Crippen LogP contribution in [0, 0.1) is 12.8 Å². The van der Waals surface area contributed by atoms with Crippen LogP contribution in [0.3, 0.4) is 0 Å². The van der Waals surface area contributed by atoms with E-state index >= 15 is 0 Å². The second kappa shape index (κ2) is 7.07. The highest BCUT2D eigenvalue weighted by Gasteiger charge is 2.27. The molecule has 1 aromatic carbocycles. The second-order valence-corrected chi connectivity index (χ2v) is 9.10. The van der Waals surface area contributed by atoms with E-state index in [9.17, 15) is 8.42 Å². The molecule has 1 aliphatic heterocycles. The Kier molecular flexibility index (Phi) is 5.06. The average molecular weight is 347 g/mol. The molecule has 1 atom stereocenters. The van der Waals surface area contributed by atoms with Crippen molar-refractivity contribution < 1.29 is 8.42 Å². The predicted molar refractivity (Wildman–Crippen MR) is 96.0 cm³/mol. The summed E-state index contributed by atoms with van der Waals surface area (Å²) in [6.45, 7) is 3.82. The summed E-state index contributed by atoms with van der Waals surface area (Å²) in [7, 11) is -0.688. The van der Waals surface area contributed by atoms with Gasteiger partial charge < -0.3 is 4.90 Å². The third kappa shape index (κ3) is 4.24. The first-order valence-corrected chi connectivity index (χ1v) is 10.2. The number of hydrogen-bond donors (Lipinski definition) is 0. The van der Waals surface area contributed by atoms with Gasteiger partial charge >= 0.3 is 0 Å². The summed E-state index contributed by atoms with van der Waals surface area (Å²) in [5, 5.41) is 4.47. The average Bonchev–Trinajstić information content (AvgIpc) is 3.12. The van der Waals surface area contributed by atoms with Crippen LogP contribution in [0.1, 0.15) is 24.0 Å². The molecule has 0 aliphatic carbocycles. The number of para-hydroxylation sites is 1. The van der Waals surface area contributed by atoms with Gasteiger partial charge in [-0.1, -0.05) is 18.2 Å². The zero-order valence-electron chi connectivity index (χ0n) is 14.4. The van der Waals surface area contributed by atoms with Gasteiger partial charge in [0.2, 0.25) is 0 Å². The Morgan fingerprint density at radius 2 is 2.12 bits per heavy atom. The molecule has 1 aliphatic rings. The Hall–Kier alpha value is -1.66. The van der Waals surface area contributed by atoms with E-state index in [1.165, 1.54) is 11.1 Å². The normalized spacial score (nSPS) is 19.9. The van der Waals surface area contributed by atoms with Crippen molar-refractivity contribution in [1.29, 1.82) is 0 Å². The monoisotopic (exact) mass is 347 g/mol. The topological polar surface area (TPSA) is 55.2 Å². The molecule has 0 bridgehead atoms. The highest BCUT2D eigenvalue weighted by Crippen LogP contribution is 2.22. The van der Waals surface area contributed by atoms with Crippen molar-refractivity contribution in [2.24, 2.45) is 5.92 Å².